The third-order valence-corrected chi connectivity index (χ3v) is 3.36. The summed E-state index contributed by atoms with van der Waals surface area (Å²) in [6.45, 7) is 2.10. The lowest BCUT2D eigenvalue weighted by Crippen LogP contribution is -2.43. The Morgan fingerprint density at radius 1 is 1.32 bits per heavy atom. The van der Waals surface area contributed by atoms with Crippen molar-refractivity contribution < 1.29 is 9.26 Å². The molecule has 1 aliphatic rings. The Morgan fingerprint density at radius 2 is 2.11 bits per heavy atom. The molecule has 5 heteroatoms. The minimum absolute atomic E-state index is 0.647. The van der Waals surface area contributed by atoms with Crippen molar-refractivity contribution in [1.29, 1.82) is 0 Å². The molecule has 1 saturated heterocycles. The van der Waals surface area contributed by atoms with Crippen LogP contribution >= 0.6 is 0 Å². The molecule has 0 bridgehead atoms. The molecule has 0 aliphatic carbocycles. The van der Waals surface area contributed by atoms with Crippen LogP contribution in [0, 0.1) is 5.92 Å². The second-order valence-corrected chi connectivity index (χ2v) is 4.86. The van der Waals surface area contributed by atoms with Gasteiger partial charge in [0.25, 0.3) is 0 Å². The zero-order valence-corrected chi connectivity index (χ0v) is 10.9. The molecule has 1 aliphatic heterocycles. The monoisotopic (exact) mass is 259 g/mol. The fourth-order valence-electron chi connectivity index (χ4n) is 2.11. The van der Waals surface area contributed by atoms with Crippen LogP contribution in [0.2, 0.25) is 0 Å². The molecule has 1 aromatic heterocycles. The third-order valence-electron chi connectivity index (χ3n) is 3.36. The van der Waals surface area contributed by atoms with Gasteiger partial charge < -0.3 is 14.6 Å². The molecule has 2 aromatic rings. The molecule has 3 rings (SSSR count). The van der Waals surface area contributed by atoms with Gasteiger partial charge in [0.1, 0.15) is 5.75 Å². The molecule has 100 valence electrons. The number of methoxy groups -OCH3 is 1. The molecule has 0 unspecified atom stereocenters. The molecule has 19 heavy (non-hydrogen) atoms. The second-order valence-electron chi connectivity index (χ2n) is 4.86. The fraction of sp³-hybridized carbons (Fsp3) is 0.429. The molecule has 2 heterocycles. The van der Waals surface area contributed by atoms with E-state index in [9.17, 15) is 0 Å². The molecule has 0 spiro atoms. The van der Waals surface area contributed by atoms with Gasteiger partial charge in [-0.3, -0.25) is 0 Å². The normalized spacial score (nSPS) is 15.2. The van der Waals surface area contributed by atoms with Crippen molar-refractivity contribution in [2.24, 2.45) is 5.92 Å². The van der Waals surface area contributed by atoms with Gasteiger partial charge in [-0.1, -0.05) is 17.3 Å². The minimum atomic E-state index is 0.647. The summed E-state index contributed by atoms with van der Waals surface area (Å²) in [6, 6.07) is 7.92. The van der Waals surface area contributed by atoms with Crippen LogP contribution in [-0.4, -0.2) is 30.3 Å². The molecule has 1 N–H and O–H groups in total. The van der Waals surface area contributed by atoms with Crippen LogP contribution in [0.15, 0.2) is 28.8 Å². The predicted octanol–water partition coefficient (Wildman–Crippen LogP) is 1.43. The van der Waals surface area contributed by atoms with Gasteiger partial charge in [-0.15, -0.1) is 0 Å². The van der Waals surface area contributed by atoms with Crippen LogP contribution in [0.1, 0.15) is 17.3 Å². The first-order valence-corrected chi connectivity index (χ1v) is 6.48. The second kappa shape index (κ2) is 5.40. The van der Waals surface area contributed by atoms with Crippen molar-refractivity contribution in [3.8, 4) is 5.75 Å². The highest BCUT2D eigenvalue weighted by Crippen LogP contribution is 2.15. The predicted molar refractivity (Wildman–Crippen MR) is 70.2 cm³/mol. The highest BCUT2D eigenvalue weighted by Gasteiger charge is 2.20. The molecule has 0 radical (unpaired) electrons. The Morgan fingerprint density at radius 3 is 2.74 bits per heavy atom. The average molecular weight is 259 g/mol. The van der Waals surface area contributed by atoms with Gasteiger partial charge >= 0.3 is 0 Å². The van der Waals surface area contributed by atoms with Crippen molar-refractivity contribution in [2.45, 2.75) is 12.8 Å². The Hall–Kier alpha value is -1.88. The Bertz CT molecular complexity index is 532. The molecule has 0 atom stereocenters. The van der Waals surface area contributed by atoms with Crippen molar-refractivity contribution in [3.05, 3.63) is 41.5 Å². The summed E-state index contributed by atoms with van der Waals surface area (Å²) in [5.74, 6) is 2.99. The number of nitrogens with zero attached hydrogens (tertiary/aromatic N) is 2. The van der Waals surface area contributed by atoms with Crippen LogP contribution in [-0.2, 0) is 12.8 Å². The first kappa shape index (κ1) is 12.2. The summed E-state index contributed by atoms with van der Waals surface area (Å²) < 4.78 is 10.4. The van der Waals surface area contributed by atoms with Crippen molar-refractivity contribution >= 4 is 0 Å². The van der Waals surface area contributed by atoms with Crippen LogP contribution in [0.4, 0.5) is 0 Å². The lowest BCUT2D eigenvalue weighted by atomic mass is 10.00. The Balaban J connectivity index is 1.61. The molecule has 0 amide bonds. The summed E-state index contributed by atoms with van der Waals surface area (Å²) in [5.41, 5.74) is 1.15. The van der Waals surface area contributed by atoms with Crippen molar-refractivity contribution in [2.75, 3.05) is 20.2 Å². The summed E-state index contributed by atoms with van der Waals surface area (Å²) in [6.07, 6.45) is 1.57. The van der Waals surface area contributed by atoms with E-state index in [-0.39, 0.29) is 0 Å². The number of benzene rings is 1. The number of nitrogens with one attached hydrogen (secondary N) is 1. The topological polar surface area (TPSA) is 60.2 Å². The van der Waals surface area contributed by atoms with Crippen LogP contribution in [0.5, 0.6) is 5.75 Å². The van der Waals surface area contributed by atoms with Crippen molar-refractivity contribution in [1.82, 2.24) is 15.5 Å². The minimum Gasteiger partial charge on any atom is -0.497 e. The number of ether oxygens (including phenoxy) is 1. The van der Waals surface area contributed by atoms with E-state index >= 15 is 0 Å². The number of hydrogen-bond donors (Lipinski definition) is 1. The maximum absolute atomic E-state index is 5.27. The first-order chi connectivity index (χ1) is 9.33. The summed E-state index contributed by atoms with van der Waals surface area (Å²) in [4.78, 5) is 4.43. The zero-order valence-electron chi connectivity index (χ0n) is 10.9. The van der Waals surface area contributed by atoms with Gasteiger partial charge in [0.05, 0.1) is 7.11 Å². The number of hydrogen-bond acceptors (Lipinski definition) is 5. The molecule has 0 saturated carbocycles. The van der Waals surface area contributed by atoms with E-state index < -0.39 is 0 Å². The SMILES string of the molecule is COc1ccc(Cc2noc(CC3CNC3)n2)cc1. The summed E-state index contributed by atoms with van der Waals surface area (Å²) in [7, 11) is 1.66. The third kappa shape index (κ3) is 2.93. The van der Waals surface area contributed by atoms with E-state index in [1.165, 1.54) is 0 Å². The van der Waals surface area contributed by atoms with Gasteiger partial charge in [-0.2, -0.15) is 4.98 Å². The standard InChI is InChI=1S/C14H17N3O2/c1-18-12-4-2-10(3-5-12)6-13-16-14(19-17-13)7-11-8-15-9-11/h2-5,11,15H,6-9H2,1H3. The van der Waals surface area contributed by atoms with Gasteiger partial charge in [0.15, 0.2) is 5.82 Å². The van der Waals surface area contributed by atoms with Crippen LogP contribution < -0.4 is 10.1 Å². The summed E-state index contributed by atoms with van der Waals surface area (Å²) in [5, 5.41) is 7.26. The molecular formula is C14H17N3O2. The number of aromatic nitrogens is 2. The quantitative estimate of drug-likeness (QED) is 0.880. The molecule has 1 fully saturated rings. The highest BCUT2D eigenvalue weighted by molar-refractivity contribution is 5.28. The van der Waals surface area contributed by atoms with E-state index in [0.717, 1.165) is 42.5 Å². The van der Waals surface area contributed by atoms with E-state index in [2.05, 4.69) is 15.5 Å². The average Bonchev–Trinajstić information content (AvgIpc) is 2.82. The van der Waals surface area contributed by atoms with E-state index in [1.54, 1.807) is 7.11 Å². The van der Waals surface area contributed by atoms with Gasteiger partial charge in [0.2, 0.25) is 5.89 Å². The lowest BCUT2D eigenvalue weighted by Gasteiger charge is -2.25. The van der Waals surface area contributed by atoms with Crippen LogP contribution in [0.3, 0.4) is 0 Å². The largest absolute Gasteiger partial charge is 0.497 e. The zero-order chi connectivity index (χ0) is 13.1. The molecule has 1 aromatic carbocycles. The first-order valence-electron chi connectivity index (χ1n) is 6.48. The maximum Gasteiger partial charge on any atom is 0.227 e. The van der Waals surface area contributed by atoms with Gasteiger partial charge in [0, 0.05) is 12.8 Å². The lowest BCUT2D eigenvalue weighted by molar-refractivity contribution is 0.295. The Labute approximate surface area is 112 Å². The molecular weight excluding hydrogens is 242 g/mol. The van der Waals surface area contributed by atoms with Gasteiger partial charge in [-0.25, -0.2) is 0 Å². The molecule has 5 nitrogen and oxygen atoms in total. The summed E-state index contributed by atoms with van der Waals surface area (Å²) >= 11 is 0. The fourth-order valence-corrected chi connectivity index (χ4v) is 2.11. The highest BCUT2D eigenvalue weighted by atomic mass is 16.5. The smallest absolute Gasteiger partial charge is 0.227 e. The maximum atomic E-state index is 5.27. The van der Waals surface area contributed by atoms with E-state index in [0.29, 0.717) is 12.3 Å². The van der Waals surface area contributed by atoms with E-state index in [1.807, 2.05) is 24.3 Å². The van der Waals surface area contributed by atoms with Crippen LogP contribution in [0.25, 0.3) is 0 Å². The van der Waals surface area contributed by atoms with Gasteiger partial charge in [-0.05, 0) is 36.7 Å². The Kier molecular flexibility index (Phi) is 3.46. The van der Waals surface area contributed by atoms with E-state index in [4.69, 9.17) is 9.26 Å². The number of rotatable bonds is 5. The van der Waals surface area contributed by atoms with Crippen molar-refractivity contribution in [3.63, 3.8) is 0 Å².